The fourth-order valence-corrected chi connectivity index (χ4v) is 2.64. The molecule has 5 heteroatoms. The highest BCUT2D eigenvalue weighted by molar-refractivity contribution is 6.02. The molecule has 2 aromatic carbocycles. The number of carbonyl (C=O) groups is 1. The Labute approximate surface area is 146 Å². The lowest BCUT2D eigenvalue weighted by atomic mass is 10.1. The Morgan fingerprint density at radius 1 is 1.08 bits per heavy atom. The van der Waals surface area contributed by atoms with Crippen molar-refractivity contribution in [1.29, 1.82) is 0 Å². The number of hydrogen-bond acceptors (Lipinski definition) is 4. The van der Waals surface area contributed by atoms with Crippen molar-refractivity contribution in [3.63, 3.8) is 0 Å². The van der Waals surface area contributed by atoms with Crippen molar-refractivity contribution < 1.29 is 9.21 Å². The molecule has 0 unspecified atom stereocenters. The Bertz CT molecular complexity index is 937. The average molecular weight is 335 g/mol. The molecule has 128 valence electrons. The van der Waals surface area contributed by atoms with Crippen molar-refractivity contribution in [3.8, 4) is 0 Å². The van der Waals surface area contributed by atoms with Gasteiger partial charge in [0.2, 0.25) is 0 Å². The van der Waals surface area contributed by atoms with Crippen molar-refractivity contribution in [2.45, 2.75) is 13.8 Å². The highest BCUT2D eigenvalue weighted by atomic mass is 16.3. The second-order valence-corrected chi connectivity index (χ2v) is 6.13. The molecule has 0 atom stereocenters. The largest absolute Gasteiger partial charge is 0.451 e. The summed E-state index contributed by atoms with van der Waals surface area (Å²) in [7, 11) is 3.98. The normalized spacial score (nSPS) is 11.6. The van der Waals surface area contributed by atoms with Gasteiger partial charge < -0.3 is 9.32 Å². The maximum atomic E-state index is 12.4. The Kier molecular flexibility index (Phi) is 4.57. The molecule has 1 heterocycles. The highest BCUT2D eigenvalue weighted by Gasteiger charge is 2.17. The van der Waals surface area contributed by atoms with E-state index in [1.807, 2.05) is 81.4 Å². The second-order valence-electron chi connectivity index (χ2n) is 6.13. The first kappa shape index (κ1) is 16.8. The highest BCUT2D eigenvalue weighted by Crippen LogP contribution is 2.24. The van der Waals surface area contributed by atoms with E-state index in [2.05, 4.69) is 10.5 Å². The summed E-state index contributed by atoms with van der Waals surface area (Å²) in [6.07, 6.45) is 0. The molecule has 0 aliphatic rings. The fourth-order valence-electron chi connectivity index (χ4n) is 2.64. The smallest absolute Gasteiger partial charge is 0.307 e. The van der Waals surface area contributed by atoms with Crippen molar-refractivity contribution in [2.75, 3.05) is 19.0 Å². The van der Waals surface area contributed by atoms with Crippen LogP contribution >= 0.6 is 0 Å². The number of anilines is 1. The molecule has 0 saturated carbocycles. The molecular weight excluding hydrogens is 314 g/mol. The van der Waals surface area contributed by atoms with E-state index in [9.17, 15) is 4.79 Å². The Morgan fingerprint density at radius 2 is 1.76 bits per heavy atom. The molecule has 5 nitrogen and oxygen atoms in total. The van der Waals surface area contributed by atoms with Gasteiger partial charge in [-0.05, 0) is 37.6 Å². The first-order valence-corrected chi connectivity index (χ1v) is 8.08. The summed E-state index contributed by atoms with van der Waals surface area (Å²) in [6, 6.07) is 15.6. The zero-order valence-electron chi connectivity index (χ0n) is 14.8. The number of aryl methyl sites for hydroxylation is 1. The number of amides is 1. The fraction of sp³-hybridized carbons (Fsp3) is 0.200. The van der Waals surface area contributed by atoms with Gasteiger partial charge in [0.05, 0.1) is 5.71 Å². The molecule has 0 saturated heterocycles. The van der Waals surface area contributed by atoms with Crippen molar-refractivity contribution in [2.24, 2.45) is 5.10 Å². The summed E-state index contributed by atoms with van der Waals surface area (Å²) in [5, 5.41) is 5.14. The molecule has 0 fully saturated rings. The lowest BCUT2D eigenvalue weighted by Crippen LogP contribution is -2.19. The SMILES string of the molecule is C/C(=N\NC(=O)c1oc2ccccc2c1C)c1ccc(N(C)C)cc1. The lowest BCUT2D eigenvalue weighted by molar-refractivity contribution is 0.0928. The zero-order valence-corrected chi connectivity index (χ0v) is 14.8. The van der Waals surface area contributed by atoms with Crippen molar-refractivity contribution >= 4 is 28.3 Å². The molecule has 1 amide bonds. The van der Waals surface area contributed by atoms with E-state index in [1.54, 1.807) is 0 Å². The van der Waals surface area contributed by atoms with E-state index in [1.165, 1.54) is 0 Å². The van der Waals surface area contributed by atoms with Crippen LogP contribution < -0.4 is 10.3 Å². The Morgan fingerprint density at radius 3 is 2.40 bits per heavy atom. The first-order valence-electron chi connectivity index (χ1n) is 8.08. The number of nitrogens with zero attached hydrogens (tertiary/aromatic N) is 2. The van der Waals surface area contributed by atoms with Gasteiger partial charge in [0.1, 0.15) is 5.58 Å². The predicted octanol–water partition coefficient (Wildman–Crippen LogP) is 3.96. The predicted molar refractivity (Wildman–Crippen MR) is 101 cm³/mol. The van der Waals surface area contributed by atoms with Crippen LogP contribution in [0.15, 0.2) is 58.0 Å². The third-order valence-electron chi connectivity index (χ3n) is 4.18. The van der Waals surface area contributed by atoms with Gasteiger partial charge in [-0.25, -0.2) is 5.43 Å². The van der Waals surface area contributed by atoms with E-state index >= 15 is 0 Å². The average Bonchev–Trinajstić information content (AvgIpc) is 2.96. The summed E-state index contributed by atoms with van der Waals surface area (Å²) >= 11 is 0. The molecule has 0 aliphatic carbocycles. The summed E-state index contributed by atoms with van der Waals surface area (Å²) in [4.78, 5) is 14.4. The van der Waals surface area contributed by atoms with Gasteiger partial charge in [0.25, 0.3) is 0 Å². The molecule has 0 spiro atoms. The third kappa shape index (κ3) is 3.40. The van der Waals surface area contributed by atoms with E-state index in [-0.39, 0.29) is 5.91 Å². The summed E-state index contributed by atoms with van der Waals surface area (Å²) in [6.45, 7) is 3.73. The number of carbonyl (C=O) groups excluding carboxylic acids is 1. The Hall–Kier alpha value is -3.08. The van der Waals surface area contributed by atoms with Gasteiger partial charge in [-0.3, -0.25) is 4.79 Å². The zero-order chi connectivity index (χ0) is 18.0. The monoisotopic (exact) mass is 335 g/mol. The van der Waals surface area contributed by atoms with Crippen LogP contribution in [0.4, 0.5) is 5.69 Å². The van der Waals surface area contributed by atoms with Crippen LogP contribution in [0.5, 0.6) is 0 Å². The Balaban J connectivity index is 1.77. The van der Waals surface area contributed by atoms with Crippen molar-refractivity contribution in [3.05, 3.63) is 65.4 Å². The minimum atomic E-state index is -0.349. The van der Waals surface area contributed by atoms with Gasteiger partial charge in [0.15, 0.2) is 5.76 Å². The van der Waals surface area contributed by atoms with E-state index in [4.69, 9.17) is 4.42 Å². The van der Waals surface area contributed by atoms with Crippen molar-refractivity contribution in [1.82, 2.24) is 5.43 Å². The van der Waals surface area contributed by atoms with Crippen LogP contribution in [0.25, 0.3) is 11.0 Å². The van der Waals surface area contributed by atoms with E-state index in [0.717, 1.165) is 27.9 Å². The van der Waals surface area contributed by atoms with Gasteiger partial charge in [0, 0.05) is 30.7 Å². The molecular formula is C20H21N3O2. The minimum Gasteiger partial charge on any atom is -0.451 e. The van der Waals surface area contributed by atoms with Gasteiger partial charge in [-0.1, -0.05) is 30.3 Å². The van der Waals surface area contributed by atoms with Crippen LogP contribution in [-0.4, -0.2) is 25.7 Å². The van der Waals surface area contributed by atoms with Gasteiger partial charge in [-0.2, -0.15) is 5.10 Å². The van der Waals surface area contributed by atoms with E-state index in [0.29, 0.717) is 11.3 Å². The molecule has 0 radical (unpaired) electrons. The number of rotatable bonds is 4. The topological polar surface area (TPSA) is 57.8 Å². The standard InChI is InChI=1S/C20H21N3O2/c1-13-17-7-5-6-8-18(17)25-19(13)20(24)22-21-14(2)15-9-11-16(12-10-15)23(3)4/h5-12H,1-4H3,(H,22,24)/b21-14+. The number of hydrogen-bond donors (Lipinski definition) is 1. The number of fused-ring (bicyclic) bond motifs is 1. The maximum absolute atomic E-state index is 12.4. The molecule has 1 N–H and O–H groups in total. The maximum Gasteiger partial charge on any atom is 0.307 e. The number of furan rings is 1. The molecule has 3 aromatic rings. The number of nitrogens with one attached hydrogen (secondary N) is 1. The van der Waals surface area contributed by atoms with Gasteiger partial charge in [-0.15, -0.1) is 0 Å². The quantitative estimate of drug-likeness (QED) is 0.580. The third-order valence-corrected chi connectivity index (χ3v) is 4.18. The second kappa shape index (κ2) is 6.81. The lowest BCUT2D eigenvalue weighted by Gasteiger charge is -2.12. The van der Waals surface area contributed by atoms with Crippen LogP contribution in [0.1, 0.15) is 28.6 Å². The molecule has 3 rings (SSSR count). The number of benzene rings is 2. The van der Waals surface area contributed by atoms with Crippen LogP contribution in [0.3, 0.4) is 0 Å². The molecule has 0 aliphatic heterocycles. The molecule has 25 heavy (non-hydrogen) atoms. The van der Waals surface area contributed by atoms with E-state index < -0.39 is 0 Å². The summed E-state index contributed by atoms with van der Waals surface area (Å²) in [5.74, 6) is -0.0568. The molecule has 1 aromatic heterocycles. The molecule has 0 bridgehead atoms. The minimum absolute atomic E-state index is 0.292. The summed E-state index contributed by atoms with van der Waals surface area (Å²) < 4.78 is 5.65. The van der Waals surface area contributed by atoms with Crippen LogP contribution in [-0.2, 0) is 0 Å². The number of hydrazone groups is 1. The number of para-hydroxylation sites is 1. The first-order chi connectivity index (χ1) is 12.0. The van der Waals surface area contributed by atoms with Crippen LogP contribution in [0.2, 0.25) is 0 Å². The van der Waals surface area contributed by atoms with Gasteiger partial charge >= 0.3 is 5.91 Å². The van der Waals surface area contributed by atoms with Crippen LogP contribution in [0, 0.1) is 6.92 Å². The summed E-state index contributed by atoms with van der Waals surface area (Å²) in [5.41, 5.74) is 6.89.